The number of hydrogen-bond acceptors (Lipinski definition) is 9. The van der Waals surface area contributed by atoms with Gasteiger partial charge in [0.1, 0.15) is 6.23 Å². The van der Waals surface area contributed by atoms with Crippen LogP contribution < -0.4 is 31.9 Å². The van der Waals surface area contributed by atoms with E-state index in [1.165, 1.54) is 244 Å². The second-order valence-electron chi connectivity index (χ2n) is 35.0. The zero-order valence-electron chi connectivity index (χ0n) is 73.9. The molecule has 108 heavy (non-hydrogen) atoms. The number of rotatable bonds is 86. The largest absolute Gasteiger partial charge is 0.378 e. The van der Waals surface area contributed by atoms with Gasteiger partial charge < -0.3 is 41.5 Å². The molecule has 1 atom stereocenters. The number of carbonyl (C=O) groups excluding carboxylic acids is 5. The van der Waals surface area contributed by atoms with Gasteiger partial charge in [-0.05, 0) is 116 Å². The van der Waals surface area contributed by atoms with Crippen molar-refractivity contribution >= 4 is 29.5 Å². The maximum Gasteiger partial charge on any atom is 0.225 e. The Balaban J connectivity index is 5.59. The molecule has 0 bridgehead atoms. The highest BCUT2D eigenvalue weighted by Gasteiger charge is 2.30. The zero-order valence-corrected chi connectivity index (χ0v) is 73.9. The fourth-order valence-corrected chi connectivity index (χ4v) is 15.5. The molecule has 5 amide bonds. The molecule has 0 aliphatic rings. The molecule has 0 aromatic rings. The third-order valence-electron chi connectivity index (χ3n) is 23.3. The van der Waals surface area contributed by atoms with E-state index in [-0.39, 0.29) is 47.8 Å². The van der Waals surface area contributed by atoms with Crippen LogP contribution in [0.2, 0.25) is 0 Å². The van der Waals surface area contributed by atoms with E-state index in [9.17, 15) is 29.1 Å². The lowest BCUT2D eigenvalue weighted by Gasteiger charge is -2.34. The summed E-state index contributed by atoms with van der Waals surface area (Å²) in [6, 6.07) is 0.681. The number of unbranched alkanes of at least 4 members (excludes halogenated alkanes) is 44. The predicted molar refractivity (Wildman–Crippen MR) is 467 cm³/mol. The van der Waals surface area contributed by atoms with Crippen LogP contribution in [0.4, 0.5) is 0 Å². The van der Waals surface area contributed by atoms with Crippen LogP contribution in [-0.2, 0) is 24.0 Å². The first-order chi connectivity index (χ1) is 52.5. The minimum absolute atomic E-state index is 0.0955. The van der Waals surface area contributed by atoms with Crippen LogP contribution in [0.5, 0.6) is 0 Å². The lowest BCUT2D eigenvalue weighted by atomic mass is 9.84. The number of amides is 5. The van der Waals surface area contributed by atoms with Gasteiger partial charge in [-0.15, -0.1) is 0 Å². The fourth-order valence-electron chi connectivity index (χ4n) is 15.5. The molecule has 0 aliphatic carbocycles. The van der Waals surface area contributed by atoms with Crippen molar-refractivity contribution < 1.29 is 29.1 Å². The van der Waals surface area contributed by atoms with Gasteiger partial charge >= 0.3 is 0 Å². The molecule has 0 aliphatic heterocycles. The summed E-state index contributed by atoms with van der Waals surface area (Å²) in [6.45, 7) is 30.0. The molecule has 14 heteroatoms. The van der Waals surface area contributed by atoms with Crippen molar-refractivity contribution in [3.05, 3.63) is 0 Å². The monoisotopic (exact) mass is 1530 g/mol. The molecule has 0 saturated carbocycles. The molecule has 640 valence electrons. The average Bonchev–Trinajstić information content (AvgIpc) is 0.866. The highest BCUT2D eigenvalue weighted by atomic mass is 16.3. The Kier molecular flexibility index (Phi) is 76.1. The van der Waals surface area contributed by atoms with Gasteiger partial charge in [0, 0.05) is 87.9 Å². The molecule has 0 radical (unpaired) electrons. The lowest BCUT2D eigenvalue weighted by molar-refractivity contribution is -0.129. The van der Waals surface area contributed by atoms with Gasteiger partial charge in [-0.3, -0.25) is 29.3 Å². The summed E-state index contributed by atoms with van der Waals surface area (Å²) in [5.41, 5.74) is -0.637. The molecule has 0 spiro atoms. The van der Waals surface area contributed by atoms with E-state index in [0.717, 1.165) is 194 Å². The number of nitrogens with zero attached hydrogens (tertiary/aromatic N) is 2. The van der Waals surface area contributed by atoms with Gasteiger partial charge in [0.15, 0.2) is 0 Å². The van der Waals surface area contributed by atoms with Gasteiger partial charge in [0.25, 0.3) is 0 Å². The first-order valence-corrected chi connectivity index (χ1v) is 47.7. The van der Waals surface area contributed by atoms with Crippen LogP contribution in [0.1, 0.15) is 480 Å². The van der Waals surface area contributed by atoms with E-state index in [2.05, 4.69) is 111 Å². The number of aliphatic hydroxyl groups excluding tert-OH is 1. The number of carbonyl (C=O) groups is 5. The van der Waals surface area contributed by atoms with Crippen LogP contribution in [0.15, 0.2) is 0 Å². The molecule has 0 aromatic heterocycles. The topological polar surface area (TPSA) is 184 Å². The van der Waals surface area contributed by atoms with Gasteiger partial charge in [-0.25, -0.2) is 0 Å². The highest BCUT2D eigenvalue weighted by Crippen LogP contribution is 2.29. The maximum atomic E-state index is 13.3. The number of nitrogens with one attached hydrogen (secondary N) is 6. The van der Waals surface area contributed by atoms with Crippen molar-refractivity contribution in [3.8, 4) is 0 Å². The lowest BCUT2D eigenvalue weighted by Crippen LogP contribution is -2.47. The smallest absolute Gasteiger partial charge is 0.225 e. The Bertz CT molecular complexity index is 1960. The van der Waals surface area contributed by atoms with Crippen molar-refractivity contribution in [2.24, 2.45) is 10.8 Å². The summed E-state index contributed by atoms with van der Waals surface area (Å²) in [5.74, 6) is 0.358. The van der Waals surface area contributed by atoms with Crippen LogP contribution in [0, 0.1) is 10.8 Å². The standard InChI is InChI=1S/C94H188N8O6/c1-11-17-23-29-35-36-38-46-59-75-95-87(103)69-56-50-63-81-101(80-62-49-45-57-73-94(9,10)92(108)100-86(67-53-42-33-27-21-15-5)68-54-43-34-28-22-16-6)83-77-96-88(104)71-72-89(105)97-78-84-102(82-64-58-74-93(7,8)91(107)98-76-60-47-37-30-24-18-12-2)79-61-48-39-44-55-70-90(106)99-85(65-51-40-31-25-19-13-3)66-52-41-32-26-20-14-4/h85-86,92,100,108H,11-84H2,1-10H3,(H,95,103)(H,96,104)(H,97,105)(H,98,107)(H,99,106). The summed E-state index contributed by atoms with van der Waals surface area (Å²) >= 11 is 0. The highest BCUT2D eigenvalue weighted by molar-refractivity contribution is 5.83. The number of hydrogen-bond donors (Lipinski definition) is 7. The third kappa shape index (κ3) is 69.9. The Hall–Kier alpha value is -2.81. The molecule has 7 N–H and O–H groups in total. The first kappa shape index (κ1) is 105. The van der Waals surface area contributed by atoms with E-state index >= 15 is 0 Å². The van der Waals surface area contributed by atoms with Crippen LogP contribution >= 0.6 is 0 Å². The van der Waals surface area contributed by atoms with E-state index in [1.54, 1.807) is 0 Å². The molecule has 1 unspecified atom stereocenters. The van der Waals surface area contributed by atoms with E-state index in [0.29, 0.717) is 38.0 Å². The van der Waals surface area contributed by atoms with Crippen molar-refractivity contribution in [3.63, 3.8) is 0 Å². The molecule has 0 saturated heterocycles. The van der Waals surface area contributed by atoms with Gasteiger partial charge in [-0.2, -0.15) is 0 Å². The summed E-state index contributed by atoms with van der Waals surface area (Å²) in [7, 11) is 0. The molecule has 0 heterocycles. The first-order valence-electron chi connectivity index (χ1n) is 47.7. The predicted octanol–water partition coefficient (Wildman–Crippen LogP) is 24.0. The SMILES string of the molecule is CCCCCCCCCCCNC(=O)CCCCCN(CCCCCCC(C)(C)C(O)NC(CCCCCCCC)CCCCCCCC)CCNC(=O)CCC(=O)NCCN(CCCCCCCC(=O)NC(CCCCCCCC)CCCCCCCC)CCCCC(C)(C)C(=O)NCCCCCCCCC. The summed E-state index contributed by atoms with van der Waals surface area (Å²) in [5, 5.41) is 31.6. The minimum Gasteiger partial charge on any atom is -0.378 e. The molecular formula is C94H188N8O6. The quantitative estimate of drug-likeness (QED) is 0.0230. The van der Waals surface area contributed by atoms with Crippen LogP contribution in [0.3, 0.4) is 0 Å². The summed E-state index contributed by atoms with van der Waals surface area (Å²) < 4.78 is 0. The van der Waals surface area contributed by atoms with E-state index in [1.807, 2.05) is 0 Å². The average molecular weight is 1530 g/mol. The molecular weight excluding hydrogens is 1340 g/mol. The normalized spacial score (nSPS) is 12.3. The Morgan fingerprint density at radius 1 is 0.278 bits per heavy atom. The van der Waals surface area contributed by atoms with Gasteiger partial charge in [-0.1, -0.05) is 365 Å². The Morgan fingerprint density at radius 2 is 0.556 bits per heavy atom. The van der Waals surface area contributed by atoms with Gasteiger partial charge in [0.2, 0.25) is 29.5 Å². The minimum atomic E-state index is -0.519. The van der Waals surface area contributed by atoms with Crippen molar-refractivity contribution in [2.45, 2.75) is 498 Å². The summed E-state index contributed by atoms with van der Waals surface area (Å²) in [6.07, 6.45) is 72.8. The van der Waals surface area contributed by atoms with Crippen LogP contribution in [-0.4, -0.2) is 128 Å². The van der Waals surface area contributed by atoms with Crippen molar-refractivity contribution in [2.75, 3.05) is 65.4 Å². The molecule has 0 fully saturated rings. The van der Waals surface area contributed by atoms with E-state index in [4.69, 9.17) is 0 Å². The molecule has 0 aromatic carbocycles. The Labute approximate surface area is 671 Å². The summed E-state index contributed by atoms with van der Waals surface area (Å²) in [4.78, 5) is 71.0. The van der Waals surface area contributed by atoms with Crippen LogP contribution in [0.25, 0.3) is 0 Å². The molecule has 14 nitrogen and oxygen atoms in total. The second-order valence-corrected chi connectivity index (χ2v) is 35.0. The maximum absolute atomic E-state index is 13.3. The molecule has 0 rings (SSSR count). The van der Waals surface area contributed by atoms with Gasteiger partial charge in [0.05, 0.1) is 0 Å². The van der Waals surface area contributed by atoms with Crippen molar-refractivity contribution in [1.82, 2.24) is 41.7 Å². The fraction of sp³-hybridized carbons (Fsp3) is 0.947. The van der Waals surface area contributed by atoms with Crippen molar-refractivity contribution in [1.29, 1.82) is 0 Å². The number of aliphatic hydroxyl groups is 1. The van der Waals surface area contributed by atoms with E-state index < -0.39 is 11.6 Å². The Morgan fingerprint density at radius 3 is 0.954 bits per heavy atom. The second kappa shape index (κ2) is 78.1. The third-order valence-corrected chi connectivity index (χ3v) is 23.3. The zero-order chi connectivity index (χ0) is 79.3.